The maximum Gasteiger partial charge on any atom is 0.238 e. The van der Waals surface area contributed by atoms with E-state index in [0.29, 0.717) is 17.6 Å². The van der Waals surface area contributed by atoms with Gasteiger partial charge in [-0.2, -0.15) is 9.97 Å². The highest BCUT2D eigenvalue weighted by Crippen LogP contribution is 2.40. The van der Waals surface area contributed by atoms with Crippen molar-refractivity contribution < 1.29 is 8.83 Å². The molecule has 238 valence electrons. The number of fused-ring (bicyclic) bond motifs is 9. The zero-order valence-electron chi connectivity index (χ0n) is 27.1. The maximum absolute atomic E-state index is 6.48. The summed E-state index contributed by atoms with van der Waals surface area (Å²) in [4.78, 5) is 15.3. The predicted octanol–water partition coefficient (Wildman–Crippen LogP) is 11.8. The van der Waals surface area contributed by atoms with E-state index in [1.54, 1.807) is 0 Å². The first-order valence-corrected chi connectivity index (χ1v) is 16.9. The molecule has 0 aliphatic rings. The number of rotatable bonds is 4. The zero-order chi connectivity index (χ0) is 33.5. The highest BCUT2D eigenvalue weighted by Gasteiger charge is 2.19. The van der Waals surface area contributed by atoms with Crippen molar-refractivity contribution in [3.05, 3.63) is 158 Å². The van der Waals surface area contributed by atoms with E-state index in [-0.39, 0.29) is 0 Å². The highest BCUT2D eigenvalue weighted by molar-refractivity contribution is 6.14. The lowest BCUT2D eigenvalue weighted by atomic mass is 9.98. The van der Waals surface area contributed by atoms with E-state index in [0.717, 1.165) is 87.9 Å². The Labute approximate surface area is 290 Å². The summed E-state index contributed by atoms with van der Waals surface area (Å²) in [5.74, 6) is 1.77. The van der Waals surface area contributed by atoms with Crippen LogP contribution in [0.3, 0.4) is 0 Å². The van der Waals surface area contributed by atoms with Gasteiger partial charge in [-0.25, -0.2) is 4.98 Å². The van der Waals surface area contributed by atoms with Gasteiger partial charge in [0.05, 0.1) is 11.0 Å². The minimum absolute atomic E-state index is 0.569. The van der Waals surface area contributed by atoms with Gasteiger partial charge >= 0.3 is 0 Å². The number of aromatic nitrogens is 4. The Balaban J connectivity index is 1.09. The lowest BCUT2D eigenvalue weighted by Crippen LogP contribution is -2.06. The first-order chi connectivity index (χ1) is 25.3. The van der Waals surface area contributed by atoms with Gasteiger partial charge in [-0.05, 0) is 65.7 Å². The minimum atomic E-state index is 0.569. The van der Waals surface area contributed by atoms with Crippen molar-refractivity contribution in [1.29, 1.82) is 0 Å². The molecule has 0 N–H and O–H groups in total. The van der Waals surface area contributed by atoms with E-state index < -0.39 is 0 Å². The van der Waals surface area contributed by atoms with Gasteiger partial charge in [-0.15, -0.1) is 0 Å². The standard InChI is InChI=1S/C45H26N4O2/c1-2-11-27(12-3-1)43-46-44(48-45(47-43)49-36-17-7-4-13-31(36)32-14-5-8-18-37(32)49)29-22-24-39-35(25-29)33-23-21-28(26-41(33)51-39)30-16-10-20-40-42(30)34-15-6-9-19-38(34)50-40/h1-26H. The lowest BCUT2D eigenvalue weighted by molar-refractivity contribution is 0.668. The third-order valence-electron chi connectivity index (χ3n) is 9.88. The Morgan fingerprint density at radius 2 is 1.00 bits per heavy atom. The molecule has 11 rings (SSSR count). The molecule has 0 unspecified atom stereocenters. The molecule has 0 spiro atoms. The van der Waals surface area contributed by atoms with Crippen molar-refractivity contribution in [2.45, 2.75) is 0 Å². The van der Waals surface area contributed by atoms with E-state index >= 15 is 0 Å². The van der Waals surface area contributed by atoms with Gasteiger partial charge in [-0.1, -0.05) is 103 Å². The van der Waals surface area contributed by atoms with Crippen LogP contribution in [0.2, 0.25) is 0 Å². The smallest absolute Gasteiger partial charge is 0.238 e. The summed E-state index contributed by atoms with van der Waals surface area (Å²) in [5.41, 5.74) is 9.44. The van der Waals surface area contributed by atoms with Crippen LogP contribution in [0.4, 0.5) is 0 Å². The second-order valence-electron chi connectivity index (χ2n) is 12.8. The molecule has 4 aromatic heterocycles. The second-order valence-corrected chi connectivity index (χ2v) is 12.8. The van der Waals surface area contributed by atoms with Crippen LogP contribution in [0.5, 0.6) is 0 Å². The summed E-state index contributed by atoms with van der Waals surface area (Å²) in [5, 5.41) is 6.54. The molecular formula is C45H26N4O2. The molecule has 0 amide bonds. The summed E-state index contributed by atoms with van der Waals surface area (Å²) < 4.78 is 14.8. The molecule has 51 heavy (non-hydrogen) atoms. The molecule has 6 nitrogen and oxygen atoms in total. The van der Waals surface area contributed by atoms with E-state index in [4.69, 9.17) is 23.8 Å². The molecule has 0 bridgehead atoms. The van der Waals surface area contributed by atoms with Gasteiger partial charge in [0.15, 0.2) is 11.6 Å². The van der Waals surface area contributed by atoms with Crippen LogP contribution in [-0.4, -0.2) is 19.5 Å². The molecule has 4 heterocycles. The lowest BCUT2D eigenvalue weighted by Gasteiger charge is -2.11. The van der Waals surface area contributed by atoms with Crippen molar-refractivity contribution in [2.75, 3.05) is 0 Å². The largest absolute Gasteiger partial charge is 0.456 e. The average Bonchev–Trinajstić information content (AvgIpc) is 3.87. The van der Waals surface area contributed by atoms with Crippen molar-refractivity contribution in [1.82, 2.24) is 19.5 Å². The van der Waals surface area contributed by atoms with Crippen LogP contribution >= 0.6 is 0 Å². The first-order valence-electron chi connectivity index (χ1n) is 16.9. The summed E-state index contributed by atoms with van der Waals surface area (Å²) in [7, 11) is 0. The van der Waals surface area contributed by atoms with E-state index in [1.165, 1.54) is 0 Å². The molecule has 0 aliphatic carbocycles. The van der Waals surface area contributed by atoms with Crippen LogP contribution in [0.25, 0.3) is 106 Å². The van der Waals surface area contributed by atoms with Crippen molar-refractivity contribution in [3.8, 4) is 39.9 Å². The molecule has 0 fully saturated rings. The molecule has 0 radical (unpaired) electrons. The van der Waals surface area contributed by atoms with Gasteiger partial charge in [0, 0.05) is 43.4 Å². The molecular weight excluding hydrogens is 629 g/mol. The fourth-order valence-corrected chi connectivity index (χ4v) is 7.55. The summed E-state index contributed by atoms with van der Waals surface area (Å²) in [6, 6.07) is 53.9. The molecule has 11 aromatic rings. The predicted molar refractivity (Wildman–Crippen MR) is 205 cm³/mol. The van der Waals surface area contributed by atoms with Gasteiger partial charge in [0.2, 0.25) is 5.95 Å². The number of furan rings is 2. The highest BCUT2D eigenvalue weighted by atomic mass is 16.3. The fraction of sp³-hybridized carbons (Fsp3) is 0. The number of benzene rings is 7. The molecule has 0 aliphatic heterocycles. The van der Waals surface area contributed by atoms with Crippen LogP contribution in [-0.2, 0) is 0 Å². The van der Waals surface area contributed by atoms with Crippen LogP contribution in [0, 0.1) is 0 Å². The SMILES string of the molecule is c1ccc(-c2nc(-c3ccc4oc5cc(-c6cccc7oc8ccccc8c67)ccc5c4c3)nc(-n3c4ccccc4c4ccccc43)n2)cc1. The Bertz CT molecular complexity index is 3100. The molecule has 7 aromatic carbocycles. The Morgan fingerprint density at radius 3 is 1.80 bits per heavy atom. The fourth-order valence-electron chi connectivity index (χ4n) is 7.55. The number of hydrogen-bond acceptors (Lipinski definition) is 5. The zero-order valence-corrected chi connectivity index (χ0v) is 27.1. The van der Waals surface area contributed by atoms with Gasteiger partial charge in [-0.3, -0.25) is 4.57 Å². The molecule has 0 saturated heterocycles. The third-order valence-corrected chi connectivity index (χ3v) is 9.88. The first kappa shape index (κ1) is 27.9. The van der Waals surface area contributed by atoms with Crippen LogP contribution < -0.4 is 0 Å². The van der Waals surface area contributed by atoms with Gasteiger partial charge < -0.3 is 8.83 Å². The summed E-state index contributed by atoms with van der Waals surface area (Å²) in [6.07, 6.45) is 0. The maximum atomic E-state index is 6.48. The minimum Gasteiger partial charge on any atom is -0.456 e. The van der Waals surface area contributed by atoms with Crippen molar-refractivity contribution in [2.24, 2.45) is 0 Å². The molecule has 0 atom stereocenters. The van der Waals surface area contributed by atoms with E-state index in [2.05, 4.69) is 95.6 Å². The monoisotopic (exact) mass is 654 g/mol. The Hall–Kier alpha value is -7.05. The van der Waals surface area contributed by atoms with Crippen molar-refractivity contribution in [3.63, 3.8) is 0 Å². The molecule has 0 saturated carbocycles. The topological polar surface area (TPSA) is 69.9 Å². The number of para-hydroxylation sites is 3. The van der Waals surface area contributed by atoms with Crippen LogP contribution in [0.15, 0.2) is 167 Å². The van der Waals surface area contributed by atoms with Gasteiger partial charge in [0.1, 0.15) is 22.3 Å². The normalized spacial score (nSPS) is 11.9. The quantitative estimate of drug-likeness (QED) is 0.189. The third kappa shape index (κ3) is 4.26. The Kier molecular flexibility index (Phi) is 5.86. The summed E-state index contributed by atoms with van der Waals surface area (Å²) in [6.45, 7) is 0. The average molecular weight is 655 g/mol. The molecule has 6 heteroatoms. The van der Waals surface area contributed by atoms with Crippen LogP contribution in [0.1, 0.15) is 0 Å². The van der Waals surface area contributed by atoms with E-state index in [1.807, 2.05) is 66.7 Å². The van der Waals surface area contributed by atoms with E-state index in [9.17, 15) is 0 Å². The van der Waals surface area contributed by atoms with Crippen molar-refractivity contribution >= 4 is 65.7 Å². The number of hydrogen-bond donors (Lipinski definition) is 0. The summed E-state index contributed by atoms with van der Waals surface area (Å²) >= 11 is 0. The number of nitrogens with zero attached hydrogens (tertiary/aromatic N) is 4. The second kappa shape index (κ2) is 10.7. The van der Waals surface area contributed by atoms with Gasteiger partial charge in [0.25, 0.3) is 0 Å². The Morgan fingerprint density at radius 1 is 0.373 bits per heavy atom.